The summed E-state index contributed by atoms with van der Waals surface area (Å²) in [4.78, 5) is 0. The van der Waals surface area contributed by atoms with Gasteiger partial charge in [0.1, 0.15) is 0 Å². The minimum atomic E-state index is -4.17. The molecule has 0 N–H and O–H groups in total. The van der Waals surface area contributed by atoms with E-state index in [0.717, 1.165) is 0 Å². The van der Waals surface area contributed by atoms with E-state index in [2.05, 4.69) is 113 Å². The number of quaternary nitrogens is 1. The summed E-state index contributed by atoms with van der Waals surface area (Å²) < 4.78 is 4.86. The fourth-order valence-corrected chi connectivity index (χ4v) is 21.4. The van der Waals surface area contributed by atoms with Gasteiger partial charge in [0, 0.05) is 0 Å². The fraction of sp³-hybridized carbons (Fsp3) is 0.308. The first-order chi connectivity index (χ1) is 14.4. The predicted molar refractivity (Wildman–Crippen MR) is 141 cm³/mol. The first-order valence-electron chi connectivity index (χ1n) is 11.0. The molecule has 0 amide bonds. The van der Waals surface area contributed by atoms with E-state index in [4.69, 9.17) is 8.92 Å². The van der Waals surface area contributed by atoms with Gasteiger partial charge in [-0.15, -0.1) is 0 Å². The predicted octanol–water partition coefficient (Wildman–Crippen LogP) is 5.62. The Balaban J connectivity index is 0.000000303. The van der Waals surface area contributed by atoms with Crippen molar-refractivity contribution < 1.29 is 4.48 Å². The van der Waals surface area contributed by atoms with Crippen LogP contribution in [0.15, 0.2) is 91.0 Å². The number of hydrogen-bond donors (Lipinski definition) is 0. The molecule has 0 saturated carbocycles. The molecule has 0 aromatic heterocycles. The molecule has 0 fully saturated rings. The standard InChI is InChI=1S/C8H20N.3C6H5.BrH.ClH.Sn/c1-5-9(6-2,7-3)8-4;3*1-2-4-6-5-3-1;;;/h5-8H2,1-4H3;3*1-5H;2*1H;/q+1;;;;;;+1/p-2. The van der Waals surface area contributed by atoms with E-state index in [9.17, 15) is 0 Å². The topological polar surface area (TPSA) is 0 Å². The zero-order valence-electron chi connectivity index (χ0n) is 18.7. The van der Waals surface area contributed by atoms with Gasteiger partial charge in [0.2, 0.25) is 0 Å². The van der Waals surface area contributed by atoms with Gasteiger partial charge in [-0.25, -0.2) is 0 Å². The van der Waals surface area contributed by atoms with E-state index in [0.29, 0.717) is 0 Å². The molecular weight excluding hydrogens is 560 g/mol. The van der Waals surface area contributed by atoms with Gasteiger partial charge in [0.25, 0.3) is 0 Å². The van der Waals surface area contributed by atoms with Gasteiger partial charge in [0.05, 0.1) is 26.2 Å². The second-order valence-electron chi connectivity index (χ2n) is 7.72. The van der Waals surface area contributed by atoms with Gasteiger partial charge in [-0.2, -0.15) is 0 Å². The van der Waals surface area contributed by atoms with Gasteiger partial charge in [-0.3, -0.25) is 0 Å². The van der Waals surface area contributed by atoms with Crippen molar-refractivity contribution >= 4 is 46.0 Å². The van der Waals surface area contributed by atoms with E-state index < -0.39 is 13.6 Å². The molecule has 0 aliphatic rings. The Kier molecular flexibility index (Phi) is 9.48. The van der Waals surface area contributed by atoms with Gasteiger partial charge in [-0.1, -0.05) is 0 Å². The van der Waals surface area contributed by atoms with Crippen LogP contribution >= 0.6 is 21.6 Å². The summed E-state index contributed by atoms with van der Waals surface area (Å²) in [5.41, 5.74) is 0. The Labute approximate surface area is 194 Å². The van der Waals surface area contributed by atoms with E-state index in [1.54, 1.807) is 0 Å². The molecule has 0 saturated heterocycles. The molecule has 0 aliphatic heterocycles. The third kappa shape index (κ3) is 5.32. The number of nitrogens with zero attached hydrogens (tertiary/aromatic N) is 1. The second kappa shape index (κ2) is 11.2. The van der Waals surface area contributed by atoms with Crippen LogP contribution in [0.2, 0.25) is 0 Å². The number of rotatable bonds is 7. The summed E-state index contributed by atoms with van der Waals surface area (Å²) in [6.07, 6.45) is 0. The average molecular weight is 596 g/mol. The van der Waals surface area contributed by atoms with E-state index in [1.165, 1.54) is 41.4 Å². The quantitative estimate of drug-likeness (QED) is 0.246. The van der Waals surface area contributed by atoms with Crippen molar-refractivity contribution in [1.29, 1.82) is 0 Å². The van der Waals surface area contributed by atoms with Crippen molar-refractivity contribution in [3.05, 3.63) is 91.0 Å². The Bertz CT molecular complexity index is 760. The van der Waals surface area contributed by atoms with Crippen LogP contribution in [0.25, 0.3) is 0 Å². The van der Waals surface area contributed by atoms with Crippen molar-refractivity contribution in [3.63, 3.8) is 0 Å². The number of benzene rings is 3. The minimum absolute atomic E-state index is 1.19. The monoisotopic (exact) mass is 595 g/mol. The molecule has 0 spiro atoms. The summed E-state index contributed by atoms with van der Waals surface area (Å²) in [5, 5.41) is 0. The van der Waals surface area contributed by atoms with Crippen LogP contribution < -0.4 is 10.7 Å². The molecule has 30 heavy (non-hydrogen) atoms. The summed E-state index contributed by atoms with van der Waals surface area (Å²) in [6.45, 7) is 14.2. The number of hydrogen-bond acceptors (Lipinski definition) is 0. The third-order valence-electron chi connectivity index (χ3n) is 6.53. The van der Waals surface area contributed by atoms with Crippen molar-refractivity contribution in [2.75, 3.05) is 26.2 Å². The summed E-state index contributed by atoms with van der Waals surface area (Å²) in [6, 6.07) is 31.2. The summed E-state index contributed by atoms with van der Waals surface area (Å²) >= 11 is -0.0805. The van der Waals surface area contributed by atoms with Crippen LogP contribution in [0.1, 0.15) is 27.7 Å². The Morgan fingerprint density at radius 2 is 0.800 bits per heavy atom. The van der Waals surface area contributed by atoms with Crippen LogP contribution in [-0.4, -0.2) is 44.3 Å². The summed E-state index contributed by atoms with van der Waals surface area (Å²) in [7, 11) is 7.50. The van der Waals surface area contributed by atoms with Crippen LogP contribution in [0, 0.1) is 0 Å². The molecule has 0 heterocycles. The van der Waals surface area contributed by atoms with E-state index >= 15 is 0 Å². The van der Waals surface area contributed by atoms with Crippen molar-refractivity contribution in [2.24, 2.45) is 0 Å². The zero-order chi connectivity index (χ0) is 22.1. The Morgan fingerprint density at radius 3 is 0.967 bits per heavy atom. The van der Waals surface area contributed by atoms with Gasteiger partial charge in [-0.05, 0) is 27.7 Å². The average Bonchev–Trinajstić information content (AvgIpc) is 2.83. The Hall–Kier alpha value is -0.811. The molecule has 0 bridgehead atoms. The van der Waals surface area contributed by atoms with E-state index in [1.807, 2.05) is 18.2 Å². The Morgan fingerprint density at radius 1 is 0.567 bits per heavy atom. The van der Waals surface area contributed by atoms with Gasteiger partial charge < -0.3 is 4.48 Å². The second-order valence-corrected chi connectivity index (χ2v) is 37.2. The summed E-state index contributed by atoms with van der Waals surface area (Å²) in [5.74, 6) is 0. The number of halogens is 2. The van der Waals surface area contributed by atoms with Crippen LogP contribution in [-0.2, 0) is 0 Å². The maximum atomic E-state index is 7.50. The van der Waals surface area contributed by atoms with Gasteiger partial charge >= 0.3 is 137 Å². The zero-order valence-corrected chi connectivity index (χ0v) is 23.9. The molecule has 162 valence electrons. The van der Waals surface area contributed by atoms with Crippen LogP contribution in [0.5, 0.6) is 0 Å². The normalized spacial score (nSPS) is 12.9. The molecule has 0 radical (unpaired) electrons. The SMILES string of the molecule is CC[N+](CC)(CC)CC.[Cl][Sn-]([Br])([c]1ccccc1)([c]1ccccc1)[c]1ccccc1. The third-order valence-corrected chi connectivity index (χ3v) is 31.7. The molecule has 0 unspecified atom stereocenters. The molecule has 3 rings (SSSR count). The van der Waals surface area contributed by atoms with Crippen molar-refractivity contribution in [1.82, 2.24) is 0 Å². The molecule has 4 heteroatoms. The van der Waals surface area contributed by atoms with Gasteiger partial charge in [0.15, 0.2) is 0 Å². The first kappa shape index (κ1) is 25.4. The molecule has 3 aromatic carbocycles. The van der Waals surface area contributed by atoms with Crippen molar-refractivity contribution in [2.45, 2.75) is 27.7 Å². The van der Waals surface area contributed by atoms with E-state index in [-0.39, 0.29) is 0 Å². The molecule has 1 nitrogen and oxygen atoms in total. The molecular formula is C26H35BrClNSn. The first-order valence-corrected chi connectivity index (χ1v) is 25.2. The molecule has 3 aromatic rings. The van der Waals surface area contributed by atoms with Crippen LogP contribution in [0.3, 0.4) is 0 Å². The molecule has 0 aliphatic carbocycles. The fourth-order valence-electron chi connectivity index (χ4n) is 4.03. The van der Waals surface area contributed by atoms with Crippen molar-refractivity contribution in [3.8, 4) is 0 Å². The van der Waals surface area contributed by atoms with Crippen LogP contribution in [0.4, 0.5) is 0 Å². The molecule has 0 atom stereocenters. The maximum absolute atomic E-state index is 7.50.